The number of hydrogen-bond donors (Lipinski definition) is 1. The molecular formula is C21H27N3O3. The first-order chi connectivity index (χ1) is 13.0. The third kappa shape index (κ3) is 4.77. The van der Waals surface area contributed by atoms with Crippen molar-refractivity contribution in [3.8, 4) is 5.75 Å². The van der Waals surface area contributed by atoms with Gasteiger partial charge in [-0.25, -0.2) is 0 Å². The van der Waals surface area contributed by atoms with Gasteiger partial charge in [0.25, 0.3) is 0 Å². The smallest absolute Gasteiger partial charge is 0.244 e. The summed E-state index contributed by atoms with van der Waals surface area (Å²) in [6.07, 6.45) is 3.98. The maximum Gasteiger partial charge on any atom is 0.244 e. The van der Waals surface area contributed by atoms with E-state index in [1.807, 2.05) is 36.6 Å². The van der Waals surface area contributed by atoms with Gasteiger partial charge < -0.3 is 14.6 Å². The van der Waals surface area contributed by atoms with E-state index in [-0.39, 0.29) is 23.6 Å². The van der Waals surface area contributed by atoms with E-state index in [1.54, 1.807) is 12.3 Å². The van der Waals surface area contributed by atoms with Crippen LogP contribution in [0.25, 0.3) is 0 Å². The molecule has 144 valence electrons. The van der Waals surface area contributed by atoms with E-state index in [9.17, 15) is 9.59 Å². The Labute approximate surface area is 159 Å². The fourth-order valence-electron chi connectivity index (χ4n) is 3.42. The molecule has 1 aromatic heterocycles. The van der Waals surface area contributed by atoms with Crippen LogP contribution in [0.4, 0.5) is 5.69 Å². The summed E-state index contributed by atoms with van der Waals surface area (Å²) in [7, 11) is 1.47. The van der Waals surface area contributed by atoms with Crippen LogP contribution in [0.15, 0.2) is 35.3 Å². The Kier molecular flexibility index (Phi) is 5.96. The number of nitrogens with zero attached hydrogens (tertiary/aromatic N) is 2. The lowest BCUT2D eigenvalue weighted by Gasteiger charge is -2.20. The highest BCUT2D eigenvalue weighted by molar-refractivity contribution is 5.91. The number of hydrogen-bond acceptors (Lipinski definition) is 4. The van der Waals surface area contributed by atoms with Gasteiger partial charge >= 0.3 is 0 Å². The van der Waals surface area contributed by atoms with Crippen molar-refractivity contribution in [1.29, 1.82) is 0 Å². The maximum absolute atomic E-state index is 12.7. The standard InChI is InChI=1S/C21H27N3O3/c1-15-6-7-16(2)18(10-15)22-21(26)14-24-13-20(27-3)19(25)11-17(24)12-23-8-4-5-9-23/h6-7,10-11,13H,4-5,8-9,12,14H2,1-3H3,(H,22,26). The van der Waals surface area contributed by atoms with Crippen molar-refractivity contribution in [2.24, 2.45) is 0 Å². The summed E-state index contributed by atoms with van der Waals surface area (Å²) in [5.41, 5.74) is 3.60. The minimum Gasteiger partial charge on any atom is -0.491 e. The van der Waals surface area contributed by atoms with Gasteiger partial charge in [0.05, 0.1) is 13.3 Å². The number of pyridine rings is 1. The van der Waals surface area contributed by atoms with Gasteiger partial charge in [0.1, 0.15) is 6.54 Å². The summed E-state index contributed by atoms with van der Waals surface area (Å²) in [4.78, 5) is 27.2. The van der Waals surface area contributed by atoms with Crippen LogP contribution in [-0.2, 0) is 17.9 Å². The average Bonchev–Trinajstić information content (AvgIpc) is 3.13. The van der Waals surface area contributed by atoms with Crippen LogP contribution >= 0.6 is 0 Å². The number of rotatable bonds is 6. The van der Waals surface area contributed by atoms with Gasteiger partial charge in [-0.1, -0.05) is 12.1 Å². The van der Waals surface area contributed by atoms with Gasteiger partial charge in [0.2, 0.25) is 11.3 Å². The maximum atomic E-state index is 12.7. The highest BCUT2D eigenvalue weighted by atomic mass is 16.5. The first-order valence-corrected chi connectivity index (χ1v) is 9.33. The molecule has 6 nitrogen and oxygen atoms in total. The average molecular weight is 369 g/mol. The Balaban J connectivity index is 1.81. The summed E-state index contributed by atoms with van der Waals surface area (Å²) in [5, 5.41) is 2.98. The molecule has 0 atom stereocenters. The molecule has 2 heterocycles. The van der Waals surface area contributed by atoms with E-state index in [4.69, 9.17) is 4.74 Å². The Morgan fingerprint density at radius 1 is 1.19 bits per heavy atom. The highest BCUT2D eigenvalue weighted by Crippen LogP contribution is 2.17. The SMILES string of the molecule is COc1cn(CC(=O)Nc2cc(C)ccc2C)c(CN2CCCC2)cc1=O. The van der Waals surface area contributed by atoms with Crippen molar-refractivity contribution in [3.63, 3.8) is 0 Å². The molecule has 1 aromatic carbocycles. The number of ether oxygens (including phenoxy) is 1. The fraction of sp³-hybridized carbons (Fsp3) is 0.429. The fourth-order valence-corrected chi connectivity index (χ4v) is 3.42. The summed E-state index contributed by atoms with van der Waals surface area (Å²) < 4.78 is 6.99. The summed E-state index contributed by atoms with van der Waals surface area (Å²) >= 11 is 0. The first-order valence-electron chi connectivity index (χ1n) is 9.33. The molecule has 6 heteroatoms. The molecule has 1 aliphatic rings. The van der Waals surface area contributed by atoms with Crippen LogP contribution in [0, 0.1) is 13.8 Å². The Bertz CT molecular complexity index is 883. The molecule has 0 unspecified atom stereocenters. The molecule has 0 aliphatic carbocycles. The topological polar surface area (TPSA) is 63.6 Å². The molecule has 0 bridgehead atoms. The van der Waals surface area contributed by atoms with Crippen LogP contribution in [0.2, 0.25) is 0 Å². The molecular weight excluding hydrogens is 342 g/mol. The van der Waals surface area contributed by atoms with E-state index in [2.05, 4.69) is 10.2 Å². The highest BCUT2D eigenvalue weighted by Gasteiger charge is 2.17. The lowest BCUT2D eigenvalue weighted by atomic mass is 10.1. The van der Waals surface area contributed by atoms with Crippen molar-refractivity contribution < 1.29 is 9.53 Å². The number of benzene rings is 1. The normalized spacial score (nSPS) is 14.3. The second-order valence-electron chi connectivity index (χ2n) is 7.18. The molecule has 1 aliphatic heterocycles. The third-order valence-electron chi connectivity index (χ3n) is 4.97. The van der Waals surface area contributed by atoms with Crippen LogP contribution in [0.3, 0.4) is 0 Å². The number of methoxy groups -OCH3 is 1. The number of carbonyl (C=O) groups excluding carboxylic acids is 1. The van der Waals surface area contributed by atoms with Crippen molar-refractivity contribution in [2.75, 3.05) is 25.5 Å². The molecule has 2 aromatic rings. The number of amides is 1. The van der Waals surface area contributed by atoms with E-state index >= 15 is 0 Å². The van der Waals surface area contributed by atoms with Crippen molar-refractivity contribution in [3.05, 3.63) is 57.5 Å². The Hall–Kier alpha value is -2.60. The summed E-state index contributed by atoms with van der Waals surface area (Å²) in [6, 6.07) is 7.56. The number of likely N-dealkylation sites (tertiary alicyclic amines) is 1. The number of nitrogens with one attached hydrogen (secondary N) is 1. The minimum atomic E-state index is -0.155. The molecule has 27 heavy (non-hydrogen) atoms. The quantitative estimate of drug-likeness (QED) is 0.850. The Morgan fingerprint density at radius 2 is 1.93 bits per heavy atom. The van der Waals surface area contributed by atoms with E-state index in [0.717, 1.165) is 35.6 Å². The number of anilines is 1. The van der Waals surface area contributed by atoms with Crippen LogP contribution in [0.5, 0.6) is 5.75 Å². The molecule has 1 fully saturated rings. The van der Waals surface area contributed by atoms with Crippen LogP contribution in [-0.4, -0.2) is 35.6 Å². The number of carbonyl (C=O) groups is 1. The lowest BCUT2D eigenvalue weighted by molar-refractivity contribution is -0.116. The van der Waals surface area contributed by atoms with Crippen molar-refractivity contribution in [1.82, 2.24) is 9.47 Å². The zero-order chi connectivity index (χ0) is 19.4. The van der Waals surface area contributed by atoms with Gasteiger partial charge in [-0.2, -0.15) is 0 Å². The summed E-state index contributed by atoms with van der Waals surface area (Å²) in [6.45, 7) is 6.80. The predicted octanol–water partition coefficient (Wildman–Crippen LogP) is 2.71. The second-order valence-corrected chi connectivity index (χ2v) is 7.18. The number of aromatic nitrogens is 1. The summed E-state index contributed by atoms with van der Waals surface area (Å²) in [5.74, 6) is 0.122. The predicted molar refractivity (Wildman–Crippen MR) is 106 cm³/mol. The Morgan fingerprint density at radius 3 is 2.63 bits per heavy atom. The van der Waals surface area contributed by atoms with Gasteiger partial charge in [0, 0.05) is 24.0 Å². The molecule has 1 amide bonds. The van der Waals surface area contributed by atoms with Crippen LogP contribution < -0.4 is 15.5 Å². The molecule has 0 radical (unpaired) electrons. The molecule has 1 saturated heterocycles. The molecule has 3 rings (SSSR count). The van der Waals surface area contributed by atoms with E-state index < -0.39 is 0 Å². The first kappa shape index (κ1) is 19.2. The van der Waals surface area contributed by atoms with E-state index in [0.29, 0.717) is 6.54 Å². The second kappa shape index (κ2) is 8.39. The minimum absolute atomic E-state index is 0.128. The van der Waals surface area contributed by atoms with Gasteiger partial charge in [-0.3, -0.25) is 14.5 Å². The van der Waals surface area contributed by atoms with Crippen molar-refractivity contribution >= 4 is 11.6 Å². The largest absolute Gasteiger partial charge is 0.491 e. The van der Waals surface area contributed by atoms with Crippen LogP contribution in [0.1, 0.15) is 29.7 Å². The molecule has 0 saturated carbocycles. The van der Waals surface area contributed by atoms with Gasteiger partial charge in [-0.15, -0.1) is 0 Å². The zero-order valence-electron chi connectivity index (χ0n) is 16.2. The molecule has 0 spiro atoms. The van der Waals surface area contributed by atoms with Gasteiger partial charge in [0.15, 0.2) is 5.75 Å². The monoisotopic (exact) mass is 369 g/mol. The zero-order valence-corrected chi connectivity index (χ0v) is 16.2. The lowest BCUT2D eigenvalue weighted by Crippen LogP contribution is -2.27. The third-order valence-corrected chi connectivity index (χ3v) is 4.97. The molecule has 1 N–H and O–H groups in total. The van der Waals surface area contributed by atoms with Gasteiger partial charge in [-0.05, 0) is 57.0 Å². The van der Waals surface area contributed by atoms with Crippen molar-refractivity contribution in [2.45, 2.75) is 39.8 Å². The number of aryl methyl sites for hydroxylation is 2. The van der Waals surface area contributed by atoms with E-state index in [1.165, 1.54) is 20.0 Å².